The Morgan fingerprint density at radius 1 is 0.636 bits per heavy atom. The minimum absolute atomic E-state index is 0.0818. The molecule has 240 valence electrons. The maximum atomic E-state index is 12.9. The molecule has 44 heavy (non-hydrogen) atoms. The largest absolute Gasteiger partial charge is 0.393 e. The van der Waals surface area contributed by atoms with Gasteiger partial charge in [0.05, 0.1) is 17.8 Å². The van der Waals surface area contributed by atoms with Gasteiger partial charge in [0.2, 0.25) is 0 Å². The monoisotopic (exact) mass is 600 g/mol. The van der Waals surface area contributed by atoms with E-state index in [1.165, 1.54) is 0 Å². The molecule has 5 atom stereocenters. The Balaban J connectivity index is 1.50. The molecule has 4 nitrogen and oxygen atoms in total. The van der Waals surface area contributed by atoms with Gasteiger partial charge in [-0.2, -0.15) is 0 Å². The Kier molecular flexibility index (Phi) is 11.1. The van der Waals surface area contributed by atoms with Crippen LogP contribution in [-0.4, -0.2) is 39.4 Å². The standard InChI is InChI=1S/C40H56O4/c1-29(17-13-19-31(3)21-22-35(42)38(9)26-33(41)25-36(38,5)6)15-11-12-16-30(2)18-14-20-32(4)23-24-40-37(7,8)27-34(44-40)28-39(40,10)43/h11-24,33-34,41,43H,25-28H2,1-10H3/b12-11+,17-13+,18-14+,22-21+,24-23+,29-15-,30-16-,31-19-,32-20-/t33-,34-,38-,39+,40+/m0/s1. The number of ketones is 1. The van der Waals surface area contributed by atoms with Crippen molar-refractivity contribution in [3.8, 4) is 0 Å². The van der Waals surface area contributed by atoms with Crippen molar-refractivity contribution in [3.05, 3.63) is 107 Å². The van der Waals surface area contributed by atoms with Gasteiger partial charge in [-0.15, -0.1) is 0 Å². The number of hydrogen-bond acceptors (Lipinski definition) is 4. The summed E-state index contributed by atoms with van der Waals surface area (Å²) < 4.78 is 6.30. The van der Waals surface area contributed by atoms with E-state index in [0.717, 1.165) is 28.7 Å². The minimum atomic E-state index is -0.855. The lowest BCUT2D eigenvalue weighted by atomic mass is 9.61. The number of carbonyl (C=O) groups is 1. The Bertz CT molecular complexity index is 1330. The Labute approximate surface area is 267 Å². The van der Waals surface area contributed by atoms with Gasteiger partial charge < -0.3 is 14.9 Å². The summed E-state index contributed by atoms with van der Waals surface area (Å²) in [5.41, 5.74) is 2.00. The average Bonchev–Trinajstić information content (AvgIpc) is 3.41. The molecule has 3 aliphatic rings. The summed E-state index contributed by atoms with van der Waals surface area (Å²) in [5.74, 6) is 0.0818. The second-order valence-corrected chi connectivity index (χ2v) is 15.1. The van der Waals surface area contributed by atoms with Gasteiger partial charge in [0.25, 0.3) is 0 Å². The molecular weight excluding hydrogens is 544 g/mol. The highest BCUT2D eigenvalue weighted by Crippen LogP contribution is 2.60. The Morgan fingerprint density at radius 2 is 1.14 bits per heavy atom. The third kappa shape index (κ3) is 7.88. The molecule has 2 bridgehead atoms. The van der Waals surface area contributed by atoms with Crippen LogP contribution in [0.3, 0.4) is 0 Å². The molecule has 0 spiro atoms. The fourth-order valence-corrected chi connectivity index (χ4v) is 7.24. The Hall–Kier alpha value is -2.79. The normalized spacial score (nSPS) is 34.7. The van der Waals surface area contributed by atoms with Crippen LogP contribution in [0.5, 0.6) is 0 Å². The van der Waals surface area contributed by atoms with Crippen LogP contribution in [0, 0.1) is 16.2 Å². The molecule has 1 saturated carbocycles. The van der Waals surface area contributed by atoms with E-state index in [1.807, 2.05) is 63.3 Å². The molecule has 0 amide bonds. The number of aliphatic hydroxyl groups is 2. The van der Waals surface area contributed by atoms with Gasteiger partial charge in [0, 0.05) is 17.3 Å². The van der Waals surface area contributed by atoms with Crippen molar-refractivity contribution < 1.29 is 19.7 Å². The first-order valence-electron chi connectivity index (χ1n) is 16.1. The summed E-state index contributed by atoms with van der Waals surface area (Å²) in [6.07, 6.45) is 30.7. The first kappa shape index (κ1) is 35.7. The molecule has 2 saturated heterocycles. The highest BCUT2D eigenvalue weighted by Gasteiger charge is 2.67. The van der Waals surface area contributed by atoms with Crippen molar-refractivity contribution in [2.24, 2.45) is 16.2 Å². The van der Waals surface area contributed by atoms with Gasteiger partial charge in [-0.05, 0) is 71.4 Å². The predicted molar refractivity (Wildman–Crippen MR) is 184 cm³/mol. The lowest BCUT2D eigenvalue weighted by molar-refractivity contribution is -0.127. The van der Waals surface area contributed by atoms with Crippen LogP contribution < -0.4 is 0 Å². The van der Waals surface area contributed by atoms with E-state index in [0.29, 0.717) is 19.3 Å². The number of rotatable bonds is 11. The lowest BCUT2D eigenvalue weighted by Gasteiger charge is -2.46. The topological polar surface area (TPSA) is 66.8 Å². The fraction of sp³-hybridized carbons (Fsp3) is 0.525. The van der Waals surface area contributed by atoms with Crippen molar-refractivity contribution in [2.45, 2.75) is 118 Å². The summed E-state index contributed by atoms with van der Waals surface area (Å²) in [4.78, 5) is 12.9. The van der Waals surface area contributed by atoms with E-state index in [4.69, 9.17) is 4.74 Å². The van der Waals surface area contributed by atoms with Gasteiger partial charge in [0.15, 0.2) is 5.78 Å². The molecule has 4 heteroatoms. The van der Waals surface area contributed by atoms with E-state index in [1.54, 1.807) is 6.08 Å². The Morgan fingerprint density at radius 3 is 1.61 bits per heavy atom. The molecule has 2 heterocycles. The summed E-state index contributed by atoms with van der Waals surface area (Å²) in [5, 5.41) is 21.2. The van der Waals surface area contributed by atoms with Gasteiger partial charge in [0.1, 0.15) is 5.60 Å². The number of allylic oxidation sites excluding steroid dienone is 17. The predicted octanol–water partition coefficient (Wildman–Crippen LogP) is 9.02. The molecule has 3 fully saturated rings. The first-order chi connectivity index (χ1) is 20.3. The minimum Gasteiger partial charge on any atom is -0.393 e. The maximum Gasteiger partial charge on any atom is 0.162 e. The zero-order chi connectivity index (χ0) is 33.0. The summed E-state index contributed by atoms with van der Waals surface area (Å²) in [6, 6.07) is 0. The van der Waals surface area contributed by atoms with E-state index in [-0.39, 0.29) is 22.7 Å². The van der Waals surface area contributed by atoms with Gasteiger partial charge >= 0.3 is 0 Å². The molecule has 0 radical (unpaired) electrons. The lowest BCUT2D eigenvalue weighted by Crippen LogP contribution is -2.56. The number of ether oxygens (including phenoxy) is 1. The third-order valence-corrected chi connectivity index (χ3v) is 10.3. The zero-order valence-electron chi connectivity index (χ0n) is 28.8. The molecule has 0 aromatic carbocycles. The van der Waals surface area contributed by atoms with Crippen LogP contribution in [0.1, 0.15) is 94.9 Å². The van der Waals surface area contributed by atoms with Crippen LogP contribution in [0.2, 0.25) is 0 Å². The number of aliphatic hydroxyl groups excluding tert-OH is 1. The SMILES string of the molecule is CC(=C/C=C/C=C(C)\C=C\C=C(C)/C=C/[C@@]12O[C@@H](CC1(C)C)C[C@@]2(C)O)/C=C/C=C(C)\C=C\C(=O)[C@]1(C)C[C@@H](O)CC1(C)C. The second kappa shape index (κ2) is 13.7. The quantitative estimate of drug-likeness (QED) is 0.183. The summed E-state index contributed by atoms with van der Waals surface area (Å²) in [7, 11) is 0. The van der Waals surface area contributed by atoms with E-state index in [9.17, 15) is 15.0 Å². The van der Waals surface area contributed by atoms with Gasteiger partial charge in [-0.25, -0.2) is 0 Å². The molecule has 0 unspecified atom stereocenters. The van der Waals surface area contributed by atoms with Crippen molar-refractivity contribution >= 4 is 5.78 Å². The summed E-state index contributed by atoms with van der Waals surface area (Å²) in [6.45, 7) is 20.6. The number of carbonyl (C=O) groups excluding carboxylic acids is 1. The van der Waals surface area contributed by atoms with Crippen LogP contribution >= 0.6 is 0 Å². The number of fused-ring (bicyclic) bond motifs is 2. The highest BCUT2D eigenvalue weighted by molar-refractivity contribution is 5.95. The molecular formula is C40H56O4. The van der Waals surface area contributed by atoms with E-state index < -0.39 is 22.7 Å². The van der Waals surface area contributed by atoms with Gasteiger partial charge in [-0.1, -0.05) is 130 Å². The van der Waals surface area contributed by atoms with Crippen LogP contribution in [0.15, 0.2) is 107 Å². The van der Waals surface area contributed by atoms with Crippen molar-refractivity contribution in [3.63, 3.8) is 0 Å². The molecule has 0 aromatic rings. The molecule has 2 N–H and O–H groups in total. The smallest absolute Gasteiger partial charge is 0.162 e. The van der Waals surface area contributed by atoms with Crippen molar-refractivity contribution in [1.29, 1.82) is 0 Å². The van der Waals surface area contributed by atoms with Crippen LogP contribution in [-0.2, 0) is 9.53 Å². The van der Waals surface area contributed by atoms with E-state index in [2.05, 4.69) is 84.9 Å². The molecule has 3 rings (SSSR count). The maximum absolute atomic E-state index is 12.9. The van der Waals surface area contributed by atoms with Crippen molar-refractivity contribution in [2.75, 3.05) is 0 Å². The average molecular weight is 601 g/mol. The molecule has 1 aliphatic carbocycles. The summed E-state index contributed by atoms with van der Waals surface area (Å²) >= 11 is 0. The van der Waals surface area contributed by atoms with Crippen LogP contribution in [0.4, 0.5) is 0 Å². The fourth-order valence-electron chi connectivity index (χ4n) is 7.24. The van der Waals surface area contributed by atoms with Crippen LogP contribution in [0.25, 0.3) is 0 Å². The number of hydrogen-bond donors (Lipinski definition) is 2. The highest BCUT2D eigenvalue weighted by atomic mass is 16.5. The third-order valence-electron chi connectivity index (χ3n) is 10.3. The molecule has 2 aliphatic heterocycles. The second-order valence-electron chi connectivity index (χ2n) is 15.1. The van der Waals surface area contributed by atoms with E-state index >= 15 is 0 Å². The van der Waals surface area contributed by atoms with Gasteiger partial charge in [-0.3, -0.25) is 4.79 Å². The van der Waals surface area contributed by atoms with Crippen molar-refractivity contribution in [1.82, 2.24) is 0 Å². The first-order valence-corrected chi connectivity index (χ1v) is 16.1. The zero-order valence-corrected chi connectivity index (χ0v) is 28.8. The molecule has 0 aromatic heterocycles.